The molecule has 0 radical (unpaired) electrons. The molecule has 28 heavy (non-hydrogen) atoms. The Morgan fingerprint density at radius 2 is 0.679 bits per heavy atom. The molecule has 0 aliphatic rings. The van der Waals surface area contributed by atoms with E-state index in [-0.39, 0.29) is 0 Å². The zero-order valence-corrected chi connectivity index (χ0v) is 22.3. The second-order valence-corrected chi connectivity index (χ2v) is 14.4. The molecular formula is C26H57P2+. The van der Waals surface area contributed by atoms with Gasteiger partial charge in [-0.05, 0) is 44.7 Å². The highest BCUT2D eigenvalue weighted by Gasteiger charge is 2.34. The standard InChI is InChI=1S/C26H57P2/c1-4-7-10-13-16-19-23-28(26-22-27,24-20-17-14-11-8-5-2)25-21-18-15-12-9-6-3/h4-27H2,1-3H3/q+1. The predicted octanol–water partition coefficient (Wildman–Crippen LogP) is 9.96. The lowest BCUT2D eigenvalue weighted by Crippen LogP contribution is -2.14. The van der Waals surface area contributed by atoms with Crippen LogP contribution in [0.1, 0.15) is 136 Å². The SMILES string of the molecule is CCCCCCCC[P+](CCP)(CCCCCCCC)CCCCCCCC. The monoisotopic (exact) mass is 431 g/mol. The van der Waals surface area contributed by atoms with Crippen LogP contribution in [0.4, 0.5) is 0 Å². The van der Waals surface area contributed by atoms with E-state index in [1.807, 2.05) is 0 Å². The normalized spacial score (nSPS) is 12.0. The third kappa shape index (κ3) is 17.7. The van der Waals surface area contributed by atoms with Crippen LogP contribution in [-0.4, -0.2) is 30.8 Å². The van der Waals surface area contributed by atoms with Crippen molar-refractivity contribution >= 4 is 16.5 Å². The van der Waals surface area contributed by atoms with Crippen molar-refractivity contribution in [3.8, 4) is 0 Å². The van der Waals surface area contributed by atoms with E-state index in [9.17, 15) is 0 Å². The molecule has 0 spiro atoms. The summed E-state index contributed by atoms with van der Waals surface area (Å²) in [5.41, 5.74) is 0. The zero-order chi connectivity index (χ0) is 20.8. The van der Waals surface area contributed by atoms with Gasteiger partial charge in [0.2, 0.25) is 0 Å². The largest absolute Gasteiger partial charge is 0.134 e. The van der Waals surface area contributed by atoms with Crippen molar-refractivity contribution in [1.29, 1.82) is 0 Å². The number of rotatable bonds is 23. The van der Waals surface area contributed by atoms with E-state index in [4.69, 9.17) is 0 Å². The van der Waals surface area contributed by atoms with Gasteiger partial charge in [0.25, 0.3) is 0 Å². The fourth-order valence-electron chi connectivity index (χ4n) is 4.63. The Balaban J connectivity index is 4.39. The highest BCUT2D eigenvalue weighted by Crippen LogP contribution is 2.61. The van der Waals surface area contributed by atoms with Crippen molar-refractivity contribution in [2.45, 2.75) is 136 Å². The molecule has 0 aliphatic carbocycles. The van der Waals surface area contributed by atoms with Gasteiger partial charge in [-0.1, -0.05) is 97.8 Å². The summed E-state index contributed by atoms with van der Waals surface area (Å²) in [6, 6.07) is 0. The van der Waals surface area contributed by atoms with Gasteiger partial charge in [-0.3, -0.25) is 0 Å². The Hall–Kier alpha value is 0.860. The summed E-state index contributed by atoms with van der Waals surface area (Å²) in [5.74, 6) is 0. The molecule has 0 bridgehead atoms. The Morgan fingerprint density at radius 1 is 0.393 bits per heavy atom. The highest BCUT2D eigenvalue weighted by atomic mass is 31.2. The summed E-state index contributed by atoms with van der Waals surface area (Å²) in [6.45, 7) is 6.99. The van der Waals surface area contributed by atoms with E-state index < -0.39 is 7.26 Å². The lowest BCUT2D eigenvalue weighted by Gasteiger charge is -2.28. The van der Waals surface area contributed by atoms with Crippen LogP contribution >= 0.6 is 16.5 Å². The third-order valence-corrected chi connectivity index (χ3v) is 12.3. The summed E-state index contributed by atoms with van der Waals surface area (Å²) in [5, 5.41) is 0. The Bertz CT molecular complexity index is 249. The first-order valence-electron chi connectivity index (χ1n) is 13.3. The first-order valence-corrected chi connectivity index (χ1v) is 16.6. The number of hydrogen-bond acceptors (Lipinski definition) is 0. The average Bonchev–Trinajstić information content (AvgIpc) is 2.70. The van der Waals surface area contributed by atoms with Gasteiger partial charge in [0.1, 0.15) is 0 Å². The summed E-state index contributed by atoms with van der Waals surface area (Å²) in [6.07, 6.45) is 34.3. The minimum Gasteiger partial charge on any atom is -0.134 e. The zero-order valence-electron chi connectivity index (χ0n) is 20.3. The molecule has 170 valence electrons. The van der Waals surface area contributed by atoms with Gasteiger partial charge in [0.05, 0.1) is 24.6 Å². The first-order chi connectivity index (χ1) is 13.7. The summed E-state index contributed by atoms with van der Waals surface area (Å²) >= 11 is 0. The molecule has 0 rings (SSSR count). The van der Waals surface area contributed by atoms with Crippen LogP contribution in [0.15, 0.2) is 0 Å². The van der Waals surface area contributed by atoms with E-state index in [2.05, 4.69) is 30.0 Å². The molecule has 1 unspecified atom stereocenters. The van der Waals surface area contributed by atoms with E-state index in [0.717, 1.165) is 0 Å². The summed E-state index contributed by atoms with van der Waals surface area (Å²) < 4.78 is 0. The molecule has 0 fully saturated rings. The topological polar surface area (TPSA) is 0 Å². The molecule has 2 heteroatoms. The van der Waals surface area contributed by atoms with E-state index in [0.29, 0.717) is 0 Å². The predicted molar refractivity (Wildman–Crippen MR) is 141 cm³/mol. The number of hydrogen-bond donors (Lipinski definition) is 0. The van der Waals surface area contributed by atoms with Crippen molar-refractivity contribution in [2.75, 3.05) is 30.8 Å². The molecule has 0 N–H and O–H groups in total. The molecule has 0 heterocycles. The number of unbranched alkanes of at least 4 members (excludes halogenated alkanes) is 15. The second-order valence-electron chi connectivity index (χ2n) is 9.33. The van der Waals surface area contributed by atoms with Crippen molar-refractivity contribution in [1.82, 2.24) is 0 Å². The molecule has 0 aromatic rings. The molecule has 1 atom stereocenters. The molecule has 0 aliphatic heterocycles. The molecule has 0 nitrogen and oxygen atoms in total. The fourth-order valence-corrected chi connectivity index (χ4v) is 10.8. The van der Waals surface area contributed by atoms with Crippen molar-refractivity contribution in [2.24, 2.45) is 0 Å². The quantitative estimate of drug-likeness (QED) is 0.111. The lowest BCUT2D eigenvalue weighted by atomic mass is 10.1. The van der Waals surface area contributed by atoms with Crippen molar-refractivity contribution in [3.63, 3.8) is 0 Å². The van der Waals surface area contributed by atoms with Crippen molar-refractivity contribution in [3.05, 3.63) is 0 Å². The molecule has 0 amide bonds. The van der Waals surface area contributed by atoms with Gasteiger partial charge >= 0.3 is 0 Å². The maximum atomic E-state index is 3.07. The van der Waals surface area contributed by atoms with Gasteiger partial charge in [-0.25, -0.2) is 0 Å². The van der Waals surface area contributed by atoms with E-state index in [1.165, 1.54) is 122 Å². The van der Waals surface area contributed by atoms with Gasteiger partial charge in [0, 0.05) is 7.26 Å². The maximum absolute atomic E-state index is 3.07. The van der Waals surface area contributed by atoms with Crippen LogP contribution in [0.25, 0.3) is 0 Å². The van der Waals surface area contributed by atoms with Gasteiger partial charge in [0.15, 0.2) is 0 Å². The molecule has 0 aromatic heterocycles. The minimum absolute atomic E-state index is 0.684. The smallest absolute Gasteiger partial charge is 0.0628 e. The van der Waals surface area contributed by atoms with Crippen LogP contribution in [0.2, 0.25) is 0 Å². The summed E-state index contributed by atoms with van der Waals surface area (Å²) in [4.78, 5) is 0. The van der Waals surface area contributed by atoms with Crippen LogP contribution in [-0.2, 0) is 0 Å². The van der Waals surface area contributed by atoms with E-state index >= 15 is 0 Å². The van der Waals surface area contributed by atoms with Gasteiger partial charge in [-0.2, -0.15) is 0 Å². The maximum Gasteiger partial charge on any atom is 0.0628 e. The van der Waals surface area contributed by atoms with E-state index in [1.54, 1.807) is 24.6 Å². The van der Waals surface area contributed by atoms with Crippen LogP contribution in [0, 0.1) is 0 Å². The fraction of sp³-hybridized carbons (Fsp3) is 1.00. The molecule has 0 saturated heterocycles. The molecule has 0 aromatic carbocycles. The Morgan fingerprint density at radius 3 is 0.964 bits per heavy atom. The van der Waals surface area contributed by atoms with Crippen molar-refractivity contribution < 1.29 is 0 Å². The first kappa shape index (κ1) is 28.9. The van der Waals surface area contributed by atoms with Gasteiger partial charge < -0.3 is 0 Å². The van der Waals surface area contributed by atoms with Crippen LogP contribution in [0.3, 0.4) is 0 Å². The molecule has 0 saturated carbocycles. The molecular weight excluding hydrogens is 374 g/mol. The lowest BCUT2D eigenvalue weighted by molar-refractivity contribution is 0.615. The Kier molecular flexibility index (Phi) is 23.2. The second kappa shape index (κ2) is 22.5. The van der Waals surface area contributed by atoms with Gasteiger partial charge in [-0.15, -0.1) is 9.24 Å². The summed E-state index contributed by atoms with van der Waals surface area (Å²) in [7, 11) is 2.39. The third-order valence-electron chi connectivity index (χ3n) is 6.56. The highest BCUT2D eigenvalue weighted by molar-refractivity contribution is 7.76. The minimum atomic E-state index is -0.684. The van der Waals surface area contributed by atoms with Crippen LogP contribution < -0.4 is 0 Å². The van der Waals surface area contributed by atoms with Crippen LogP contribution in [0.5, 0.6) is 0 Å². The Labute approximate surface area is 183 Å². The average molecular weight is 432 g/mol.